The summed E-state index contributed by atoms with van der Waals surface area (Å²) in [6.07, 6.45) is -1.02. The number of nitrogens with zero attached hydrogens (tertiary/aromatic N) is 4. The van der Waals surface area contributed by atoms with Gasteiger partial charge in [-0.25, -0.2) is 18.4 Å². The lowest BCUT2D eigenvalue weighted by molar-refractivity contribution is -0.141. The molecule has 0 aromatic carbocycles. The molecule has 2 aromatic heterocycles. The van der Waals surface area contributed by atoms with E-state index in [1.807, 2.05) is 4.90 Å². The molecule has 28 heavy (non-hydrogen) atoms. The van der Waals surface area contributed by atoms with Crippen LogP contribution in [0.2, 0.25) is 0 Å². The number of rotatable bonds is 6. The summed E-state index contributed by atoms with van der Waals surface area (Å²) in [7, 11) is -2.93. The van der Waals surface area contributed by atoms with Crippen LogP contribution >= 0.6 is 0 Å². The molecule has 7 nitrogen and oxygen atoms in total. The Kier molecular flexibility index (Phi) is 6.14. The van der Waals surface area contributed by atoms with Crippen molar-refractivity contribution in [1.82, 2.24) is 19.9 Å². The number of hydrogen-bond donors (Lipinski definition) is 1. The van der Waals surface area contributed by atoms with Gasteiger partial charge in [-0.2, -0.15) is 13.2 Å². The van der Waals surface area contributed by atoms with Crippen molar-refractivity contribution >= 4 is 15.7 Å². The molecule has 1 aliphatic heterocycles. The maximum atomic E-state index is 13.2. The molecule has 0 aliphatic carbocycles. The zero-order valence-corrected chi connectivity index (χ0v) is 15.8. The largest absolute Gasteiger partial charge is 0.433 e. The molecule has 0 atom stereocenters. The van der Waals surface area contributed by atoms with E-state index in [0.29, 0.717) is 38.2 Å². The van der Waals surface area contributed by atoms with Gasteiger partial charge in [-0.3, -0.25) is 4.98 Å². The summed E-state index contributed by atoms with van der Waals surface area (Å²) in [5, 5.41) is 2.91. The van der Waals surface area contributed by atoms with Crippen molar-refractivity contribution in [1.29, 1.82) is 0 Å². The molecule has 3 rings (SSSR count). The van der Waals surface area contributed by atoms with Gasteiger partial charge in [0.15, 0.2) is 21.4 Å². The van der Waals surface area contributed by atoms with E-state index in [0.717, 1.165) is 6.07 Å². The van der Waals surface area contributed by atoms with Crippen molar-refractivity contribution in [2.24, 2.45) is 0 Å². The second-order valence-electron chi connectivity index (χ2n) is 6.48. The van der Waals surface area contributed by atoms with Gasteiger partial charge in [-0.15, -0.1) is 0 Å². The van der Waals surface area contributed by atoms with E-state index in [1.165, 1.54) is 12.4 Å². The molecule has 1 saturated heterocycles. The quantitative estimate of drug-likeness (QED) is 0.723. The van der Waals surface area contributed by atoms with E-state index in [2.05, 4.69) is 20.3 Å². The minimum Gasteiger partial charge on any atom is -0.370 e. The first-order valence-corrected chi connectivity index (χ1v) is 10.6. The molecular formula is C17H20F3N5O2S. The SMILES string of the molecule is O=S1(=O)CCN(CCCNc2cc(C(F)(F)F)nc(-c3cccnc3)n2)CC1. The van der Waals surface area contributed by atoms with Crippen LogP contribution in [0.3, 0.4) is 0 Å². The molecule has 0 spiro atoms. The number of sulfone groups is 1. The van der Waals surface area contributed by atoms with Gasteiger partial charge in [0.1, 0.15) is 5.82 Å². The van der Waals surface area contributed by atoms with Crippen molar-refractivity contribution in [3.05, 3.63) is 36.3 Å². The third-order valence-electron chi connectivity index (χ3n) is 4.33. The van der Waals surface area contributed by atoms with Gasteiger partial charge < -0.3 is 10.2 Å². The molecule has 0 unspecified atom stereocenters. The minimum atomic E-state index is -4.59. The van der Waals surface area contributed by atoms with Crippen molar-refractivity contribution in [3.63, 3.8) is 0 Å². The van der Waals surface area contributed by atoms with E-state index < -0.39 is 21.7 Å². The van der Waals surface area contributed by atoms with Crippen LogP contribution in [0.1, 0.15) is 12.1 Å². The van der Waals surface area contributed by atoms with Crippen LogP contribution < -0.4 is 5.32 Å². The molecule has 0 amide bonds. The molecule has 1 fully saturated rings. The molecule has 11 heteroatoms. The third-order valence-corrected chi connectivity index (χ3v) is 5.94. The maximum absolute atomic E-state index is 13.2. The van der Waals surface area contributed by atoms with Crippen LogP contribution in [0, 0.1) is 0 Å². The topological polar surface area (TPSA) is 88.1 Å². The van der Waals surface area contributed by atoms with E-state index >= 15 is 0 Å². The van der Waals surface area contributed by atoms with Crippen LogP contribution in [0.4, 0.5) is 19.0 Å². The molecule has 3 heterocycles. The standard InChI is InChI=1S/C17H20F3N5O2S/c18-17(19,20)14-11-15(24-16(23-14)13-3-1-4-21-12-13)22-5-2-6-25-7-9-28(26,27)10-8-25/h1,3-4,11-12H,2,5-10H2,(H,22,23,24). The van der Waals surface area contributed by atoms with Crippen molar-refractivity contribution in [2.75, 3.05) is 43.0 Å². The van der Waals surface area contributed by atoms with E-state index in [-0.39, 0.29) is 23.1 Å². The van der Waals surface area contributed by atoms with E-state index in [1.54, 1.807) is 12.1 Å². The Bertz CT molecular complexity index is 893. The molecular weight excluding hydrogens is 395 g/mol. The molecule has 1 aliphatic rings. The van der Waals surface area contributed by atoms with Crippen molar-refractivity contribution < 1.29 is 21.6 Å². The second kappa shape index (κ2) is 8.39. The second-order valence-corrected chi connectivity index (χ2v) is 8.78. The third kappa shape index (κ3) is 5.61. The summed E-state index contributed by atoms with van der Waals surface area (Å²) in [4.78, 5) is 13.7. The number of hydrogen-bond acceptors (Lipinski definition) is 7. The number of aromatic nitrogens is 3. The predicted molar refractivity (Wildman–Crippen MR) is 98.5 cm³/mol. The average Bonchev–Trinajstić information content (AvgIpc) is 2.66. The van der Waals surface area contributed by atoms with Gasteiger partial charge in [0, 0.05) is 43.7 Å². The first-order chi connectivity index (χ1) is 13.2. The highest BCUT2D eigenvalue weighted by Crippen LogP contribution is 2.30. The first-order valence-electron chi connectivity index (χ1n) is 8.76. The molecule has 152 valence electrons. The molecule has 2 aromatic rings. The summed E-state index contributed by atoms with van der Waals surface area (Å²) in [6, 6.07) is 4.08. The summed E-state index contributed by atoms with van der Waals surface area (Å²) >= 11 is 0. The summed E-state index contributed by atoms with van der Waals surface area (Å²) in [5.74, 6) is 0.333. The number of anilines is 1. The van der Waals surface area contributed by atoms with Crippen molar-refractivity contribution in [2.45, 2.75) is 12.6 Å². The van der Waals surface area contributed by atoms with Gasteiger partial charge >= 0.3 is 6.18 Å². The fourth-order valence-corrected chi connectivity index (χ4v) is 4.08. The lowest BCUT2D eigenvalue weighted by Gasteiger charge is -2.26. The fraction of sp³-hybridized carbons (Fsp3) is 0.471. The Morgan fingerprint density at radius 3 is 2.57 bits per heavy atom. The normalized spacial score (nSPS) is 17.4. The van der Waals surface area contributed by atoms with Gasteiger partial charge in [0.25, 0.3) is 0 Å². The smallest absolute Gasteiger partial charge is 0.370 e. The van der Waals surface area contributed by atoms with Crippen LogP contribution in [0.25, 0.3) is 11.4 Å². The van der Waals surface area contributed by atoms with Gasteiger partial charge in [0.05, 0.1) is 11.5 Å². The zero-order valence-electron chi connectivity index (χ0n) is 15.0. The maximum Gasteiger partial charge on any atom is 0.433 e. The molecule has 0 radical (unpaired) electrons. The molecule has 0 bridgehead atoms. The molecule has 0 saturated carbocycles. The predicted octanol–water partition coefficient (Wildman–Crippen LogP) is 2.09. The van der Waals surface area contributed by atoms with Crippen LogP contribution in [-0.2, 0) is 16.0 Å². The average molecular weight is 415 g/mol. The summed E-state index contributed by atoms with van der Waals surface area (Å²) in [5.41, 5.74) is -0.628. The van der Waals surface area contributed by atoms with E-state index in [9.17, 15) is 21.6 Å². The highest BCUT2D eigenvalue weighted by Gasteiger charge is 2.33. The highest BCUT2D eigenvalue weighted by molar-refractivity contribution is 7.91. The minimum absolute atomic E-state index is 0.0494. The number of halogens is 3. The Morgan fingerprint density at radius 1 is 1.18 bits per heavy atom. The number of nitrogens with one attached hydrogen (secondary N) is 1. The van der Waals surface area contributed by atoms with Gasteiger partial charge in [-0.1, -0.05) is 0 Å². The Balaban J connectivity index is 1.63. The lowest BCUT2D eigenvalue weighted by atomic mass is 10.2. The Morgan fingerprint density at radius 2 is 1.93 bits per heavy atom. The monoisotopic (exact) mass is 415 g/mol. The van der Waals surface area contributed by atoms with Crippen LogP contribution in [0.5, 0.6) is 0 Å². The number of alkyl halides is 3. The van der Waals surface area contributed by atoms with Crippen LogP contribution in [0.15, 0.2) is 30.6 Å². The first kappa shape index (κ1) is 20.5. The zero-order chi connectivity index (χ0) is 20.2. The van der Waals surface area contributed by atoms with E-state index in [4.69, 9.17) is 0 Å². The summed E-state index contributed by atoms with van der Waals surface area (Å²) in [6.45, 7) is 2.04. The summed E-state index contributed by atoms with van der Waals surface area (Å²) < 4.78 is 62.4. The number of pyridine rings is 1. The van der Waals surface area contributed by atoms with Crippen molar-refractivity contribution in [3.8, 4) is 11.4 Å². The lowest BCUT2D eigenvalue weighted by Crippen LogP contribution is -2.41. The fourth-order valence-electron chi connectivity index (χ4n) is 2.80. The Labute approximate surface area is 160 Å². The van der Waals surface area contributed by atoms with Crippen LogP contribution in [-0.4, -0.2) is 66.0 Å². The molecule has 1 N–H and O–H groups in total. The van der Waals surface area contributed by atoms with Gasteiger partial charge in [-0.05, 0) is 25.1 Å². The Hall–Kier alpha value is -2.27. The van der Waals surface area contributed by atoms with Gasteiger partial charge in [0.2, 0.25) is 0 Å². The highest BCUT2D eigenvalue weighted by atomic mass is 32.2.